The van der Waals surface area contributed by atoms with E-state index in [0.29, 0.717) is 48.8 Å². The SMILES string of the molecule is CCOc1cc(N2CCN(C(=O)c3ccc(OC)cc3C(F)(F)F)C[C@H]2CC)c(C(=O)NCCNC)nc1-c1cccnc1. The molecular weight excluding hydrogens is 577 g/mol. The summed E-state index contributed by atoms with van der Waals surface area (Å²) in [5, 5.41) is 5.88. The van der Waals surface area contributed by atoms with Crippen molar-refractivity contribution in [1.29, 1.82) is 0 Å². The summed E-state index contributed by atoms with van der Waals surface area (Å²) in [6, 6.07) is 8.39. The van der Waals surface area contributed by atoms with Crippen LogP contribution in [0.1, 0.15) is 46.7 Å². The molecule has 1 fully saturated rings. The molecule has 2 N–H and O–H groups in total. The number of carbonyl (C=O) groups excluding carboxylic acids is 2. The number of nitrogens with zero attached hydrogens (tertiary/aromatic N) is 4. The van der Waals surface area contributed by atoms with E-state index in [9.17, 15) is 22.8 Å². The number of aromatic nitrogens is 2. The van der Waals surface area contributed by atoms with Crippen molar-refractivity contribution in [3.63, 3.8) is 0 Å². The predicted octanol–water partition coefficient (Wildman–Crippen LogP) is 4.26. The van der Waals surface area contributed by atoms with Crippen molar-refractivity contribution in [1.82, 2.24) is 25.5 Å². The number of benzene rings is 1. The van der Waals surface area contributed by atoms with Crippen LogP contribution in [0.25, 0.3) is 11.3 Å². The van der Waals surface area contributed by atoms with Crippen LogP contribution in [0.3, 0.4) is 0 Å². The molecule has 1 aromatic carbocycles. The summed E-state index contributed by atoms with van der Waals surface area (Å²) in [5.74, 6) is -0.630. The average Bonchev–Trinajstić information content (AvgIpc) is 3.03. The number of hydrogen-bond acceptors (Lipinski definition) is 8. The van der Waals surface area contributed by atoms with Crippen LogP contribution in [-0.4, -0.2) is 86.2 Å². The van der Waals surface area contributed by atoms with Gasteiger partial charge in [0.15, 0.2) is 5.69 Å². The predicted molar refractivity (Wildman–Crippen MR) is 160 cm³/mol. The number of alkyl halides is 3. The Bertz CT molecular complexity index is 1450. The molecule has 0 radical (unpaired) electrons. The molecule has 2 amide bonds. The van der Waals surface area contributed by atoms with E-state index < -0.39 is 23.2 Å². The Morgan fingerprint density at radius 3 is 2.55 bits per heavy atom. The van der Waals surface area contributed by atoms with Crippen molar-refractivity contribution in [2.75, 3.05) is 58.4 Å². The Balaban J connectivity index is 1.71. The van der Waals surface area contributed by atoms with Crippen LogP contribution < -0.4 is 25.0 Å². The third-order valence-corrected chi connectivity index (χ3v) is 7.39. The molecule has 1 atom stereocenters. The molecule has 1 saturated heterocycles. The normalized spacial score (nSPS) is 15.2. The molecule has 0 aliphatic carbocycles. The van der Waals surface area contributed by atoms with Gasteiger partial charge >= 0.3 is 6.18 Å². The number of piperazine rings is 1. The van der Waals surface area contributed by atoms with Gasteiger partial charge in [-0.15, -0.1) is 0 Å². The zero-order valence-electron chi connectivity index (χ0n) is 25.2. The quantitative estimate of drug-likeness (QED) is 0.309. The Hall–Kier alpha value is -4.39. The Labute approximate surface area is 254 Å². The van der Waals surface area contributed by atoms with Crippen molar-refractivity contribution in [3.05, 3.63) is 65.6 Å². The van der Waals surface area contributed by atoms with E-state index >= 15 is 0 Å². The first-order chi connectivity index (χ1) is 21.1. The monoisotopic (exact) mass is 614 g/mol. The van der Waals surface area contributed by atoms with Crippen molar-refractivity contribution in [2.45, 2.75) is 32.5 Å². The first-order valence-corrected chi connectivity index (χ1v) is 14.4. The van der Waals surface area contributed by atoms with E-state index in [0.717, 1.165) is 12.1 Å². The molecule has 0 bridgehead atoms. The standard InChI is InChI=1S/C31H37F3N6O4/c1-5-21-19-39(30(42)23-10-9-22(43-4)16-24(23)31(32,33)34)14-15-40(21)25-17-26(44-6-2)27(20-8-7-11-36-18-20)38-28(25)29(41)37-13-12-35-3/h7-11,16-18,21,35H,5-6,12-15,19H2,1-4H3,(H,37,41)/t21-/m1/s1. The second kappa shape index (κ2) is 14.4. The fourth-order valence-electron chi connectivity index (χ4n) is 5.18. The van der Waals surface area contributed by atoms with E-state index in [1.54, 1.807) is 31.6 Å². The molecule has 10 nitrogen and oxygen atoms in total. The maximum absolute atomic E-state index is 13.9. The van der Waals surface area contributed by atoms with Crippen molar-refractivity contribution >= 4 is 17.5 Å². The number of likely N-dealkylation sites (N-methyl/N-ethyl adjacent to an activating group) is 1. The number of amides is 2. The lowest BCUT2D eigenvalue weighted by molar-refractivity contribution is -0.138. The number of methoxy groups -OCH3 is 1. The molecule has 3 heterocycles. The van der Waals surface area contributed by atoms with Gasteiger partial charge in [-0.3, -0.25) is 14.6 Å². The van der Waals surface area contributed by atoms with E-state index in [1.165, 1.54) is 18.1 Å². The fraction of sp³-hybridized carbons (Fsp3) is 0.419. The third kappa shape index (κ3) is 7.21. The van der Waals surface area contributed by atoms with Gasteiger partial charge < -0.3 is 29.9 Å². The van der Waals surface area contributed by atoms with Crippen molar-refractivity contribution < 1.29 is 32.2 Å². The van der Waals surface area contributed by atoms with Gasteiger partial charge in [0.1, 0.15) is 17.2 Å². The zero-order valence-corrected chi connectivity index (χ0v) is 25.2. The molecule has 44 heavy (non-hydrogen) atoms. The van der Waals surface area contributed by atoms with Gasteiger partial charge in [-0.25, -0.2) is 4.98 Å². The summed E-state index contributed by atoms with van der Waals surface area (Å²) in [6.07, 6.45) is -0.910. The zero-order chi connectivity index (χ0) is 31.9. The smallest absolute Gasteiger partial charge is 0.417 e. The number of pyridine rings is 2. The van der Waals surface area contributed by atoms with Crippen LogP contribution in [0.15, 0.2) is 48.8 Å². The number of anilines is 1. The highest BCUT2D eigenvalue weighted by atomic mass is 19.4. The van der Waals surface area contributed by atoms with Gasteiger partial charge in [0.05, 0.1) is 30.5 Å². The third-order valence-electron chi connectivity index (χ3n) is 7.39. The molecule has 4 rings (SSSR count). The minimum atomic E-state index is -4.74. The Morgan fingerprint density at radius 1 is 1.11 bits per heavy atom. The summed E-state index contributed by atoms with van der Waals surface area (Å²) >= 11 is 0. The summed E-state index contributed by atoms with van der Waals surface area (Å²) in [4.78, 5) is 39.4. The van der Waals surface area contributed by atoms with E-state index in [-0.39, 0.29) is 43.0 Å². The number of ether oxygens (including phenoxy) is 2. The minimum absolute atomic E-state index is 0.0120. The number of nitrogens with one attached hydrogen (secondary N) is 2. The Kier molecular flexibility index (Phi) is 10.6. The molecule has 3 aromatic rings. The lowest BCUT2D eigenvalue weighted by Gasteiger charge is -2.43. The molecule has 2 aromatic heterocycles. The number of hydrogen-bond donors (Lipinski definition) is 2. The lowest BCUT2D eigenvalue weighted by atomic mass is 10.0. The number of halogens is 3. The Morgan fingerprint density at radius 2 is 1.91 bits per heavy atom. The molecular formula is C31H37F3N6O4. The van der Waals surface area contributed by atoms with Gasteiger partial charge in [0, 0.05) is 62.8 Å². The first kappa shape index (κ1) is 32.5. The summed E-state index contributed by atoms with van der Waals surface area (Å²) in [7, 11) is 3.05. The van der Waals surface area contributed by atoms with E-state index in [1.807, 2.05) is 24.8 Å². The number of carbonyl (C=O) groups is 2. The fourth-order valence-corrected chi connectivity index (χ4v) is 5.18. The van der Waals surface area contributed by atoms with Gasteiger partial charge in [-0.2, -0.15) is 13.2 Å². The molecule has 0 saturated carbocycles. The van der Waals surface area contributed by atoms with Crippen LogP contribution in [0.2, 0.25) is 0 Å². The highest BCUT2D eigenvalue weighted by Crippen LogP contribution is 2.38. The highest BCUT2D eigenvalue weighted by Gasteiger charge is 2.39. The molecule has 13 heteroatoms. The lowest BCUT2D eigenvalue weighted by Crippen LogP contribution is -2.55. The highest BCUT2D eigenvalue weighted by molar-refractivity contribution is 5.99. The van der Waals surface area contributed by atoms with Crippen LogP contribution in [-0.2, 0) is 6.18 Å². The molecule has 0 unspecified atom stereocenters. The molecule has 1 aliphatic rings. The van der Waals surface area contributed by atoms with Gasteiger partial charge in [0.25, 0.3) is 11.8 Å². The maximum Gasteiger partial charge on any atom is 0.417 e. The average molecular weight is 615 g/mol. The van der Waals surface area contributed by atoms with Crippen LogP contribution >= 0.6 is 0 Å². The molecule has 236 valence electrons. The maximum atomic E-state index is 13.9. The van der Waals surface area contributed by atoms with Gasteiger partial charge in [-0.1, -0.05) is 6.92 Å². The van der Waals surface area contributed by atoms with E-state index in [4.69, 9.17) is 14.5 Å². The molecule has 0 spiro atoms. The van der Waals surface area contributed by atoms with Gasteiger partial charge in [0.2, 0.25) is 0 Å². The van der Waals surface area contributed by atoms with Crippen LogP contribution in [0.5, 0.6) is 11.5 Å². The van der Waals surface area contributed by atoms with Gasteiger partial charge in [-0.05, 0) is 50.7 Å². The van der Waals surface area contributed by atoms with Crippen molar-refractivity contribution in [3.8, 4) is 22.8 Å². The largest absolute Gasteiger partial charge is 0.497 e. The second-order valence-electron chi connectivity index (χ2n) is 10.2. The van der Waals surface area contributed by atoms with Crippen LogP contribution in [0.4, 0.5) is 18.9 Å². The molecule has 1 aliphatic heterocycles. The topological polar surface area (TPSA) is 109 Å². The van der Waals surface area contributed by atoms with Crippen LogP contribution in [0, 0.1) is 0 Å². The summed E-state index contributed by atoms with van der Waals surface area (Å²) in [5.41, 5.74) is 0.345. The minimum Gasteiger partial charge on any atom is -0.497 e. The number of rotatable bonds is 11. The summed E-state index contributed by atoms with van der Waals surface area (Å²) in [6.45, 7) is 5.59. The summed E-state index contributed by atoms with van der Waals surface area (Å²) < 4.78 is 52.7. The van der Waals surface area contributed by atoms with Crippen molar-refractivity contribution in [2.24, 2.45) is 0 Å². The second-order valence-corrected chi connectivity index (χ2v) is 10.2. The van der Waals surface area contributed by atoms with E-state index in [2.05, 4.69) is 15.6 Å². The first-order valence-electron chi connectivity index (χ1n) is 14.4.